The Balaban J connectivity index is 2.25. The van der Waals surface area contributed by atoms with Crippen molar-refractivity contribution in [3.63, 3.8) is 0 Å². The van der Waals surface area contributed by atoms with Crippen LogP contribution in [-0.4, -0.2) is 44.9 Å². The van der Waals surface area contributed by atoms with Gasteiger partial charge in [-0.1, -0.05) is 0 Å². The summed E-state index contributed by atoms with van der Waals surface area (Å²) in [6.45, 7) is 2.05. The lowest BCUT2D eigenvalue weighted by Crippen LogP contribution is -2.29. The normalized spacial score (nSPS) is 10.3. The molecular weight excluding hydrogens is 260 g/mol. The number of nitrogens with one attached hydrogen (secondary N) is 2. The molecule has 0 radical (unpaired) electrons. The van der Waals surface area contributed by atoms with E-state index in [1.807, 2.05) is 0 Å². The highest BCUT2D eigenvalue weighted by Crippen LogP contribution is 2.22. The van der Waals surface area contributed by atoms with Crippen LogP contribution in [0.15, 0.2) is 18.2 Å². The maximum atomic E-state index is 11.4. The maximum Gasteiger partial charge on any atom is 0.221 e. The number of phenols is 1. The van der Waals surface area contributed by atoms with Crippen LogP contribution in [-0.2, 0) is 16.1 Å². The fourth-order valence-corrected chi connectivity index (χ4v) is 1.64. The Hall–Kier alpha value is -1.79. The summed E-state index contributed by atoms with van der Waals surface area (Å²) >= 11 is 0. The molecule has 3 N–H and O–H groups in total. The van der Waals surface area contributed by atoms with Gasteiger partial charge in [0.25, 0.3) is 0 Å². The molecule has 6 nitrogen and oxygen atoms in total. The van der Waals surface area contributed by atoms with Gasteiger partial charge in [-0.3, -0.25) is 4.79 Å². The summed E-state index contributed by atoms with van der Waals surface area (Å²) in [7, 11) is 3.17. The number of ether oxygens (including phenoxy) is 2. The molecular formula is C14H22N2O4. The van der Waals surface area contributed by atoms with Gasteiger partial charge in [0.2, 0.25) is 5.91 Å². The second-order valence-corrected chi connectivity index (χ2v) is 4.26. The minimum Gasteiger partial charge on any atom is -0.508 e. The van der Waals surface area contributed by atoms with Gasteiger partial charge in [-0.15, -0.1) is 0 Å². The van der Waals surface area contributed by atoms with Crippen LogP contribution in [0.2, 0.25) is 0 Å². The third-order valence-electron chi connectivity index (χ3n) is 2.76. The summed E-state index contributed by atoms with van der Waals surface area (Å²) in [6, 6.07) is 5.05. The van der Waals surface area contributed by atoms with Crippen LogP contribution >= 0.6 is 0 Å². The van der Waals surface area contributed by atoms with E-state index in [0.717, 1.165) is 5.56 Å². The lowest BCUT2D eigenvalue weighted by atomic mass is 10.2. The van der Waals surface area contributed by atoms with E-state index in [-0.39, 0.29) is 11.7 Å². The summed E-state index contributed by atoms with van der Waals surface area (Å²) in [5.74, 6) is 0.879. The van der Waals surface area contributed by atoms with E-state index in [0.29, 0.717) is 38.4 Å². The molecule has 0 saturated carbocycles. The van der Waals surface area contributed by atoms with Gasteiger partial charge in [0.05, 0.1) is 13.7 Å². The first-order chi connectivity index (χ1) is 9.67. The second-order valence-electron chi connectivity index (χ2n) is 4.26. The first-order valence-corrected chi connectivity index (χ1v) is 6.49. The summed E-state index contributed by atoms with van der Waals surface area (Å²) in [6.07, 6.45) is 0.383. The van der Waals surface area contributed by atoms with Crippen molar-refractivity contribution in [3.05, 3.63) is 23.8 Å². The topological polar surface area (TPSA) is 79.8 Å². The smallest absolute Gasteiger partial charge is 0.221 e. The van der Waals surface area contributed by atoms with Crippen molar-refractivity contribution in [2.45, 2.75) is 13.0 Å². The van der Waals surface area contributed by atoms with Gasteiger partial charge in [0.1, 0.15) is 11.5 Å². The molecule has 1 aromatic rings. The average molecular weight is 282 g/mol. The SMILES string of the molecule is COCCNC(=O)CCNCc1cc(OC)ccc1O. The van der Waals surface area contributed by atoms with E-state index in [9.17, 15) is 9.90 Å². The minimum atomic E-state index is -0.0237. The first-order valence-electron chi connectivity index (χ1n) is 6.49. The van der Waals surface area contributed by atoms with E-state index in [4.69, 9.17) is 9.47 Å². The Morgan fingerprint density at radius 2 is 2.10 bits per heavy atom. The van der Waals surface area contributed by atoms with E-state index in [1.165, 1.54) is 0 Å². The van der Waals surface area contributed by atoms with Crippen molar-refractivity contribution in [2.24, 2.45) is 0 Å². The van der Waals surface area contributed by atoms with Crippen molar-refractivity contribution >= 4 is 5.91 Å². The standard InChI is InChI=1S/C14H22N2O4/c1-19-8-7-16-14(18)5-6-15-10-11-9-12(20-2)3-4-13(11)17/h3-4,9,15,17H,5-8,10H2,1-2H3,(H,16,18). The van der Waals surface area contributed by atoms with Gasteiger partial charge >= 0.3 is 0 Å². The third kappa shape index (κ3) is 5.90. The minimum absolute atomic E-state index is 0.0237. The number of aromatic hydroxyl groups is 1. The van der Waals surface area contributed by atoms with Crippen LogP contribution in [0.3, 0.4) is 0 Å². The van der Waals surface area contributed by atoms with Gasteiger partial charge in [0, 0.05) is 38.7 Å². The van der Waals surface area contributed by atoms with Crippen molar-refractivity contribution < 1.29 is 19.4 Å². The third-order valence-corrected chi connectivity index (χ3v) is 2.76. The quantitative estimate of drug-likeness (QED) is 0.579. The van der Waals surface area contributed by atoms with Crippen molar-refractivity contribution in [3.8, 4) is 11.5 Å². The summed E-state index contributed by atoms with van der Waals surface area (Å²) < 4.78 is 9.94. The molecule has 0 saturated heterocycles. The Morgan fingerprint density at radius 3 is 2.80 bits per heavy atom. The number of carbonyl (C=O) groups excluding carboxylic acids is 1. The number of carbonyl (C=O) groups is 1. The predicted octanol–water partition coefficient (Wildman–Crippen LogP) is 0.643. The largest absolute Gasteiger partial charge is 0.508 e. The Kier molecular flexibility index (Phi) is 7.46. The Bertz CT molecular complexity index is 424. The molecule has 112 valence electrons. The van der Waals surface area contributed by atoms with E-state index in [1.54, 1.807) is 32.4 Å². The highest BCUT2D eigenvalue weighted by molar-refractivity contribution is 5.76. The number of rotatable bonds is 9. The zero-order valence-electron chi connectivity index (χ0n) is 11.9. The van der Waals surface area contributed by atoms with Crippen molar-refractivity contribution in [1.82, 2.24) is 10.6 Å². The average Bonchev–Trinajstić information content (AvgIpc) is 2.45. The van der Waals surface area contributed by atoms with Gasteiger partial charge in [0.15, 0.2) is 0 Å². The fourth-order valence-electron chi connectivity index (χ4n) is 1.64. The lowest BCUT2D eigenvalue weighted by Gasteiger charge is -2.09. The number of hydrogen-bond donors (Lipinski definition) is 3. The highest BCUT2D eigenvalue weighted by Gasteiger charge is 2.04. The molecule has 1 rings (SSSR count). The molecule has 0 aliphatic heterocycles. The molecule has 0 atom stereocenters. The van der Waals surface area contributed by atoms with Gasteiger partial charge < -0.3 is 25.2 Å². The van der Waals surface area contributed by atoms with E-state index < -0.39 is 0 Å². The fraction of sp³-hybridized carbons (Fsp3) is 0.500. The van der Waals surface area contributed by atoms with Crippen molar-refractivity contribution in [1.29, 1.82) is 0 Å². The van der Waals surface area contributed by atoms with Crippen LogP contribution in [0.4, 0.5) is 0 Å². The molecule has 0 unspecified atom stereocenters. The molecule has 0 aromatic heterocycles. The van der Waals surface area contributed by atoms with Gasteiger partial charge in [-0.25, -0.2) is 0 Å². The van der Waals surface area contributed by atoms with Crippen LogP contribution in [0, 0.1) is 0 Å². The summed E-state index contributed by atoms with van der Waals surface area (Å²) in [5.41, 5.74) is 0.740. The number of hydrogen-bond acceptors (Lipinski definition) is 5. The number of amides is 1. The van der Waals surface area contributed by atoms with E-state index >= 15 is 0 Å². The first kappa shape index (κ1) is 16.3. The summed E-state index contributed by atoms with van der Waals surface area (Å²) in [5, 5.41) is 15.5. The van der Waals surface area contributed by atoms with Gasteiger partial charge in [-0.05, 0) is 18.2 Å². The highest BCUT2D eigenvalue weighted by atomic mass is 16.5. The van der Waals surface area contributed by atoms with Crippen LogP contribution in [0.25, 0.3) is 0 Å². The Labute approximate surface area is 119 Å². The molecule has 0 bridgehead atoms. The zero-order chi connectivity index (χ0) is 14.8. The van der Waals surface area contributed by atoms with Crippen LogP contribution in [0.5, 0.6) is 11.5 Å². The molecule has 1 amide bonds. The number of benzene rings is 1. The Morgan fingerprint density at radius 1 is 1.30 bits per heavy atom. The molecule has 1 aromatic carbocycles. The van der Waals surface area contributed by atoms with Gasteiger partial charge in [-0.2, -0.15) is 0 Å². The van der Waals surface area contributed by atoms with Crippen molar-refractivity contribution in [2.75, 3.05) is 33.9 Å². The molecule has 0 fully saturated rings. The van der Waals surface area contributed by atoms with Crippen LogP contribution < -0.4 is 15.4 Å². The predicted molar refractivity (Wildman–Crippen MR) is 75.9 cm³/mol. The van der Waals surface area contributed by atoms with Crippen LogP contribution in [0.1, 0.15) is 12.0 Å². The lowest BCUT2D eigenvalue weighted by molar-refractivity contribution is -0.121. The molecule has 20 heavy (non-hydrogen) atoms. The zero-order valence-corrected chi connectivity index (χ0v) is 11.9. The molecule has 0 heterocycles. The maximum absolute atomic E-state index is 11.4. The number of phenolic OH excluding ortho intramolecular Hbond substituents is 1. The van der Waals surface area contributed by atoms with E-state index in [2.05, 4.69) is 10.6 Å². The second kappa shape index (κ2) is 9.17. The number of methoxy groups -OCH3 is 2. The molecule has 0 aliphatic rings. The monoisotopic (exact) mass is 282 g/mol. The molecule has 0 spiro atoms. The molecule has 0 aliphatic carbocycles. The molecule has 6 heteroatoms. The summed E-state index contributed by atoms with van der Waals surface area (Å²) in [4.78, 5) is 11.4.